The fraction of sp³-hybridized carbons (Fsp3) is 0.455. The van der Waals surface area contributed by atoms with Crippen molar-refractivity contribution in [1.29, 1.82) is 0 Å². The molecule has 0 aliphatic carbocycles. The molecule has 1 saturated heterocycles. The van der Waals surface area contributed by atoms with Crippen molar-refractivity contribution in [3.63, 3.8) is 0 Å². The third kappa shape index (κ3) is 1.91. The summed E-state index contributed by atoms with van der Waals surface area (Å²) in [6.07, 6.45) is 3.33. The van der Waals surface area contributed by atoms with Crippen molar-refractivity contribution in [2.45, 2.75) is 25.3 Å². The minimum Gasteiger partial charge on any atom is -0.310 e. The van der Waals surface area contributed by atoms with E-state index in [4.69, 9.17) is 11.6 Å². The molecule has 1 aliphatic heterocycles. The van der Waals surface area contributed by atoms with Crippen molar-refractivity contribution >= 4 is 11.6 Å². The number of nitrogens with one attached hydrogen (secondary N) is 1. The van der Waals surface area contributed by atoms with Crippen LogP contribution in [0.25, 0.3) is 0 Å². The number of hydrogen-bond acceptors (Lipinski definition) is 1. The summed E-state index contributed by atoms with van der Waals surface area (Å²) in [4.78, 5) is 0. The van der Waals surface area contributed by atoms with Crippen molar-refractivity contribution in [2.75, 3.05) is 6.54 Å². The van der Waals surface area contributed by atoms with Crippen LogP contribution in [0.4, 0.5) is 4.39 Å². The Labute approximate surface area is 88.3 Å². The van der Waals surface area contributed by atoms with E-state index in [0.29, 0.717) is 5.56 Å². The molecule has 14 heavy (non-hydrogen) atoms. The van der Waals surface area contributed by atoms with E-state index in [2.05, 4.69) is 5.32 Å². The van der Waals surface area contributed by atoms with E-state index in [0.717, 1.165) is 19.4 Å². The van der Waals surface area contributed by atoms with Gasteiger partial charge in [0.25, 0.3) is 0 Å². The minimum absolute atomic E-state index is 0.141. The molecule has 1 atom stereocenters. The summed E-state index contributed by atoms with van der Waals surface area (Å²) < 4.78 is 13.6. The lowest BCUT2D eigenvalue weighted by molar-refractivity contribution is 0.400. The molecule has 1 nitrogen and oxygen atoms in total. The predicted molar refractivity (Wildman–Crippen MR) is 56.0 cm³/mol. The van der Waals surface area contributed by atoms with Crippen LogP contribution in [-0.4, -0.2) is 6.54 Å². The summed E-state index contributed by atoms with van der Waals surface area (Å²) >= 11 is 5.73. The Morgan fingerprint density at radius 3 is 2.93 bits per heavy atom. The van der Waals surface area contributed by atoms with Gasteiger partial charge in [0.1, 0.15) is 5.82 Å². The zero-order chi connectivity index (χ0) is 9.97. The summed E-state index contributed by atoms with van der Waals surface area (Å²) in [5.41, 5.74) is 0.706. The van der Waals surface area contributed by atoms with Gasteiger partial charge in [0.2, 0.25) is 0 Å². The Balaban J connectivity index is 2.26. The van der Waals surface area contributed by atoms with Crippen LogP contribution in [0.1, 0.15) is 30.9 Å². The third-order valence-electron chi connectivity index (χ3n) is 2.67. The van der Waals surface area contributed by atoms with E-state index in [-0.39, 0.29) is 16.9 Å². The molecule has 1 fully saturated rings. The maximum Gasteiger partial charge on any atom is 0.146 e. The van der Waals surface area contributed by atoms with Gasteiger partial charge >= 0.3 is 0 Å². The molecule has 76 valence electrons. The Morgan fingerprint density at radius 2 is 2.21 bits per heavy atom. The molecule has 0 spiro atoms. The van der Waals surface area contributed by atoms with E-state index in [1.54, 1.807) is 12.1 Å². The van der Waals surface area contributed by atoms with Crippen molar-refractivity contribution in [3.05, 3.63) is 34.6 Å². The van der Waals surface area contributed by atoms with Gasteiger partial charge in [-0.15, -0.1) is 0 Å². The lowest BCUT2D eigenvalue weighted by Crippen LogP contribution is -2.27. The van der Waals surface area contributed by atoms with Crippen molar-refractivity contribution < 1.29 is 4.39 Å². The SMILES string of the molecule is Fc1c(Cl)cccc1[C@H]1CCCCN1. The first-order valence-corrected chi connectivity index (χ1v) is 5.34. The highest BCUT2D eigenvalue weighted by atomic mass is 35.5. The molecule has 1 aromatic carbocycles. The molecule has 0 unspecified atom stereocenters. The van der Waals surface area contributed by atoms with E-state index in [1.165, 1.54) is 6.42 Å². The van der Waals surface area contributed by atoms with Gasteiger partial charge in [-0.05, 0) is 25.5 Å². The van der Waals surface area contributed by atoms with E-state index < -0.39 is 0 Å². The minimum atomic E-state index is -0.270. The summed E-state index contributed by atoms with van der Waals surface area (Å²) in [6, 6.07) is 5.34. The summed E-state index contributed by atoms with van der Waals surface area (Å²) in [7, 11) is 0. The highest BCUT2D eigenvalue weighted by Gasteiger charge is 2.18. The van der Waals surface area contributed by atoms with Gasteiger partial charge in [-0.25, -0.2) is 4.39 Å². The van der Waals surface area contributed by atoms with Crippen LogP contribution >= 0.6 is 11.6 Å². The van der Waals surface area contributed by atoms with E-state index >= 15 is 0 Å². The van der Waals surface area contributed by atoms with Crippen molar-refractivity contribution in [2.24, 2.45) is 0 Å². The van der Waals surface area contributed by atoms with Crippen LogP contribution in [0, 0.1) is 5.82 Å². The third-order valence-corrected chi connectivity index (χ3v) is 2.96. The maximum atomic E-state index is 13.6. The van der Waals surface area contributed by atoms with Crippen molar-refractivity contribution in [3.8, 4) is 0 Å². The summed E-state index contributed by atoms with van der Waals surface area (Å²) in [5, 5.41) is 3.52. The highest BCUT2D eigenvalue weighted by molar-refractivity contribution is 6.30. The number of rotatable bonds is 1. The second kappa shape index (κ2) is 4.28. The second-order valence-corrected chi connectivity index (χ2v) is 4.05. The van der Waals surface area contributed by atoms with Gasteiger partial charge in [0.15, 0.2) is 0 Å². The predicted octanol–water partition coefficient (Wildman–Crippen LogP) is 3.29. The Hall–Kier alpha value is -0.600. The zero-order valence-corrected chi connectivity index (χ0v) is 8.65. The van der Waals surface area contributed by atoms with Gasteiger partial charge in [0.05, 0.1) is 5.02 Å². The quantitative estimate of drug-likeness (QED) is 0.755. The lowest BCUT2D eigenvalue weighted by Gasteiger charge is -2.24. The topological polar surface area (TPSA) is 12.0 Å². The van der Waals surface area contributed by atoms with Gasteiger partial charge in [0, 0.05) is 11.6 Å². The van der Waals surface area contributed by atoms with E-state index in [1.807, 2.05) is 6.07 Å². The second-order valence-electron chi connectivity index (χ2n) is 3.65. The average Bonchev–Trinajstić information content (AvgIpc) is 2.23. The van der Waals surface area contributed by atoms with Gasteiger partial charge in [-0.2, -0.15) is 0 Å². The van der Waals surface area contributed by atoms with Crippen LogP contribution < -0.4 is 5.32 Å². The first-order valence-electron chi connectivity index (χ1n) is 4.96. The lowest BCUT2D eigenvalue weighted by atomic mass is 9.97. The first kappa shape index (κ1) is 9.94. The van der Waals surface area contributed by atoms with Gasteiger partial charge in [-0.3, -0.25) is 0 Å². The Morgan fingerprint density at radius 1 is 1.36 bits per heavy atom. The largest absolute Gasteiger partial charge is 0.310 e. The highest BCUT2D eigenvalue weighted by Crippen LogP contribution is 2.28. The zero-order valence-electron chi connectivity index (χ0n) is 7.89. The first-order chi connectivity index (χ1) is 6.79. The number of benzene rings is 1. The van der Waals surface area contributed by atoms with Crippen LogP contribution in [0.5, 0.6) is 0 Å². The fourth-order valence-electron chi connectivity index (χ4n) is 1.91. The van der Waals surface area contributed by atoms with Gasteiger partial charge in [-0.1, -0.05) is 30.2 Å². The molecule has 0 radical (unpaired) electrons. The summed E-state index contributed by atoms with van der Waals surface area (Å²) in [6.45, 7) is 0.969. The molecule has 3 heteroatoms. The normalized spacial score (nSPS) is 22.3. The summed E-state index contributed by atoms with van der Waals surface area (Å²) in [5.74, 6) is -0.270. The standard InChI is InChI=1S/C11H13ClFN/c12-9-5-3-4-8(11(9)13)10-6-1-2-7-14-10/h3-5,10,14H,1-2,6-7H2/t10-/m1/s1. The molecule has 1 heterocycles. The van der Waals surface area contributed by atoms with Crippen LogP contribution in [-0.2, 0) is 0 Å². The molecule has 0 amide bonds. The van der Waals surface area contributed by atoms with Gasteiger partial charge < -0.3 is 5.32 Å². The fourth-order valence-corrected chi connectivity index (χ4v) is 2.09. The van der Waals surface area contributed by atoms with E-state index in [9.17, 15) is 4.39 Å². The van der Waals surface area contributed by atoms with Crippen molar-refractivity contribution in [1.82, 2.24) is 5.32 Å². The number of piperidine rings is 1. The molecule has 2 rings (SSSR count). The maximum absolute atomic E-state index is 13.6. The average molecular weight is 214 g/mol. The molecular formula is C11H13ClFN. The Bertz CT molecular complexity index is 321. The van der Waals surface area contributed by atoms with Crippen LogP contribution in [0.2, 0.25) is 5.02 Å². The molecule has 1 N–H and O–H groups in total. The smallest absolute Gasteiger partial charge is 0.146 e. The molecular weight excluding hydrogens is 201 g/mol. The van der Waals surface area contributed by atoms with Crippen LogP contribution in [0.3, 0.4) is 0 Å². The monoisotopic (exact) mass is 213 g/mol. The number of hydrogen-bond donors (Lipinski definition) is 1. The Kier molecular flexibility index (Phi) is 3.04. The number of halogens is 2. The molecule has 0 bridgehead atoms. The van der Waals surface area contributed by atoms with Crippen LogP contribution in [0.15, 0.2) is 18.2 Å². The molecule has 0 saturated carbocycles. The molecule has 1 aromatic rings. The molecule has 0 aromatic heterocycles. The molecule has 1 aliphatic rings.